The second-order valence-corrected chi connectivity index (χ2v) is 3.91. The van der Waals surface area contributed by atoms with Crippen LogP contribution in [-0.2, 0) is 5.67 Å². The first-order valence-electron chi connectivity index (χ1n) is 5.38. The van der Waals surface area contributed by atoms with Gasteiger partial charge >= 0.3 is 0 Å². The van der Waals surface area contributed by atoms with Crippen molar-refractivity contribution in [3.8, 4) is 5.75 Å². The minimum atomic E-state index is -1.23. The molecule has 1 aliphatic heterocycles. The van der Waals surface area contributed by atoms with Crippen LogP contribution in [0.1, 0.15) is 18.9 Å². The highest BCUT2D eigenvalue weighted by Gasteiger charge is 2.40. The summed E-state index contributed by atoms with van der Waals surface area (Å²) in [5, 5.41) is 2.95. The van der Waals surface area contributed by atoms with E-state index in [-0.39, 0.29) is 0 Å². The van der Waals surface area contributed by atoms with Gasteiger partial charge in [0, 0.05) is 18.7 Å². The minimum Gasteiger partial charge on any atom is -0.493 e. The van der Waals surface area contributed by atoms with Gasteiger partial charge in [0.15, 0.2) is 5.67 Å². The molecule has 3 heteroatoms. The van der Waals surface area contributed by atoms with Gasteiger partial charge in [0.25, 0.3) is 0 Å². The van der Waals surface area contributed by atoms with Crippen molar-refractivity contribution in [3.05, 3.63) is 29.8 Å². The van der Waals surface area contributed by atoms with Gasteiger partial charge in [0.2, 0.25) is 0 Å². The number of alkyl halides is 1. The van der Waals surface area contributed by atoms with Gasteiger partial charge in [-0.3, -0.25) is 0 Å². The molecule has 0 saturated carbocycles. The summed E-state index contributed by atoms with van der Waals surface area (Å²) in [6.07, 6.45) is 0.936. The van der Waals surface area contributed by atoms with Crippen LogP contribution >= 0.6 is 0 Å². The van der Waals surface area contributed by atoms with Crippen molar-refractivity contribution in [2.45, 2.75) is 19.0 Å². The smallest absolute Gasteiger partial charge is 0.164 e. The van der Waals surface area contributed by atoms with Crippen molar-refractivity contribution >= 4 is 0 Å². The van der Waals surface area contributed by atoms with Crippen LogP contribution in [0.5, 0.6) is 5.75 Å². The second-order valence-electron chi connectivity index (χ2n) is 3.91. The Morgan fingerprint density at radius 3 is 2.73 bits per heavy atom. The van der Waals surface area contributed by atoms with Crippen molar-refractivity contribution in [1.82, 2.24) is 5.32 Å². The lowest BCUT2D eigenvalue weighted by Crippen LogP contribution is -2.53. The molecule has 0 atom stereocenters. The molecule has 1 aliphatic rings. The average molecular weight is 209 g/mol. The lowest BCUT2D eigenvalue weighted by molar-refractivity contribution is 0.0847. The Labute approximate surface area is 89.4 Å². The highest BCUT2D eigenvalue weighted by molar-refractivity contribution is 5.40. The number of nitrogens with one attached hydrogen (secondary N) is 1. The fraction of sp³-hybridized carbons (Fsp3) is 0.500. The molecular formula is C12H16FNO. The third kappa shape index (κ3) is 1.97. The van der Waals surface area contributed by atoms with Crippen LogP contribution in [0.3, 0.4) is 0 Å². The fourth-order valence-electron chi connectivity index (χ4n) is 1.71. The lowest BCUT2D eigenvalue weighted by Gasteiger charge is -2.36. The monoisotopic (exact) mass is 209 g/mol. The first-order chi connectivity index (χ1) is 7.26. The van der Waals surface area contributed by atoms with E-state index >= 15 is 0 Å². The molecule has 1 saturated heterocycles. The zero-order valence-corrected chi connectivity index (χ0v) is 8.92. The Hall–Kier alpha value is -1.09. The first-order valence-corrected chi connectivity index (χ1v) is 5.38. The summed E-state index contributed by atoms with van der Waals surface area (Å²) in [5.74, 6) is 0.684. The maximum atomic E-state index is 14.2. The maximum absolute atomic E-state index is 14.2. The van der Waals surface area contributed by atoms with Crippen LogP contribution in [0.25, 0.3) is 0 Å². The lowest BCUT2D eigenvalue weighted by atomic mass is 9.89. The summed E-state index contributed by atoms with van der Waals surface area (Å²) in [6, 6.07) is 7.38. The van der Waals surface area contributed by atoms with Crippen LogP contribution in [-0.4, -0.2) is 19.7 Å². The number of rotatable bonds is 4. The Morgan fingerprint density at radius 2 is 2.13 bits per heavy atom. The van der Waals surface area contributed by atoms with Crippen molar-refractivity contribution < 1.29 is 9.13 Å². The molecule has 1 fully saturated rings. The van der Waals surface area contributed by atoms with Gasteiger partial charge in [0.05, 0.1) is 6.61 Å². The molecule has 1 aromatic rings. The molecule has 82 valence electrons. The summed E-state index contributed by atoms with van der Waals surface area (Å²) in [6.45, 7) is 3.46. The third-order valence-corrected chi connectivity index (χ3v) is 2.64. The van der Waals surface area contributed by atoms with E-state index in [0.29, 0.717) is 31.0 Å². The maximum Gasteiger partial charge on any atom is 0.164 e. The van der Waals surface area contributed by atoms with E-state index in [2.05, 4.69) is 5.32 Å². The molecule has 0 aromatic heterocycles. The number of hydrogen-bond donors (Lipinski definition) is 1. The van der Waals surface area contributed by atoms with Crippen LogP contribution in [0.15, 0.2) is 24.3 Å². The molecular weight excluding hydrogens is 193 g/mol. The van der Waals surface area contributed by atoms with E-state index in [1.165, 1.54) is 0 Å². The van der Waals surface area contributed by atoms with Gasteiger partial charge in [-0.15, -0.1) is 0 Å². The first kappa shape index (κ1) is 10.4. The number of ether oxygens (including phenoxy) is 1. The molecule has 1 N–H and O–H groups in total. The Bertz CT molecular complexity index is 336. The van der Waals surface area contributed by atoms with E-state index in [9.17, 15) is 4.39 Å². The predicted octanol–water partition coefficient (Wildman–Crippen LogP) is 2.24. The topological polar surface area (TPSA) is 21.3 Å². The van der Waals surface area contributed by atoms with Gasteiger partial charge in [0.1, 0.15) is 5.75 Å². The van der Waals surface area contributed by atoms with Gasteiger partial charge < -0.3 is 10.1 Å². The van der Waals surface area contributed by atoms with Crippen molar-refractivity contribution in [2.24, 2.45) is 0 Å². The number of halogens is 1. The van der Waals surface area contributed by atoms with Crippen LogP contribution < -0.4 is 10.1 Å². The molecule has 1 heterocycles. The molecule has 0 bridgehead atoms. The average Bonchev–Trinajstić information content (AvgIpc) is 2.23. The van der Waals surface area contributed by atoms with E-state index < -0.39 is 5.67 Å². The summed E-state index contributed by atoms with van der Waals surface area (Å²) in [5.41, 5.74) is -0.554. The third-order valence-electron chi connectivity index (χ3n) is 2.64. The van der Waals surface area contributed by atoms with Crippen LogP contribution in [0.4, 0.5) is 4.39 Å². The molecule has 2 nitrogen and oxygen atoms in total. The van der Waals surface area contributed by atoms with Crippen molar-refractivity contribution in [1.29, 1.82) is 0 Å². The SMILES string of the molecule is CCCOc1ccccc1C1(F)CNC1. The molecule has 15 heavy (non-hydrogen) atoms. The number of hydrogen-bond acceptors (Lipinski definition) is 2. The number of benzene rings is 1. The molecule has 0 unspecified atom stereocenters. The Balaban J connectivity index is 2.21. The molecule has 0 aliphatic carbocycles. The van der Waals surface area contributed by atoms with Crippen LogP contribution in [0, 0.1) is 0 Å². The van der Waals surface area contributed by atoms with Crippen molar-refractivity contribution in [3.63, 3.8) is 0 Å². The van der Waals surface area contributed by atoms with E-state index in [0.717, 1.165) is 6.42 Å². The molecule has 2 rings (SSSR count). The molecule has 0 radical (unpaired) electrons. The fourth-order valence-corrected chi connectivity index (χ4v) is 1.71. The second kappa shape index (κ2) is 4.19. The summed E-state index contributed by atoms with van der Waals surface area (Å²) in [7, 11) is 0. The standard InChI is InChI=1S/C12H16FNO/c1-2-7-15-11-6-4-3-5-10(11)12(13)8-14-9-12/h3-6,14H,2,7-9H2,1H3. The summed E-state index contributed by atoms with van der Waals surface area (Å²) < 4.78 is 19.7. The zero-order chi connectivity index (χ0) is 10.7. The highest BCUT2D eigenvalue weighted by atomic mass is 19.1. The Kier molecular flexibility index (Phi) is 2.91. The summed E-state index contributed by atoms with van der Waals surface area (Å²) in [4.78, 5) is 0. The normalized spacial score (nSPS) is 18.3. The van der Waals surface area contributed by atoms with Gasteiger partial charge in [-0.1, -0.05) is 25.1 Å². The molecule has 0 spiro atoms. The van der Waals surface area contributed by atoms with Crippen molar-refractivity contribution in [2.75, 3.05) is 19.7 Å². The molecule has 1 aromatic carbocycles. The quantitative estimate of drug-likeness (QED) is 0.821. The van der Waals surface area contributed by atoms with E-state index in [1.54, 1.807) is 0 Å². The van der Waals surface area contributed by atoms with Gasteiger partial charge in [-0.25, -0.2) is 4.39 Å². The largest absolute Gasteiger partial charge is 0.493 e. The zero-order valence-electron chi connectivity index (χ0n) is 8.92. The summed E-state index contributed by atoms with van der Waals surface area (Å²) >= 11 is 0. The minimum absolute atomic E-state index is 0.388. The van der Waals surface area contributed by atoms with E-state index in [4.69, 9.17) is 4.74 Å². The van der Waals surface area contributed by atoms with Crippen LogP contribution in [0.2, 0.25) is 0 Å². The highest BCUT2D eigenvalue weighted by Crippen LogP contribution is 2.36. The van der Waals surface area contributed by atoms with Gasteiger partial charge in [-0.2, -0.15) is 0 Å². The van der Waals surface area contributed by atoms with Gasteiger partial charge in [-0.05, 0) is 12.5 Å². The molecule has 0 amide bonds. The number of para-hydroxylation sites is 1. The predicted molar refractivity (Wildman–Crippen MR) is 57.9 cm³/mol. The Morgan fingerprint density at radius 1 is 1.40 bits per heavy atom. The van der Waals surface area contributed by atoms with E-state index in [1.807, 2.05) is 31.2 Å².